The maximum atomic E-state index is 12.2. The lowest BCUT2D eigenvalue weighted by molar-refractivity contribution is -0.147. The lowest BCUT2D eigenvalue weighted by Gasteiger charge is -2.15. The largest absolute Gasteiger partial charge is 0.457 e. The van der Waals surface area contributed by atoms with Gasteiger partial charge in [0.25, 0.3) is 5.91 Å². The van der Waals surface area contributed by atoms with Gasteiger partial charge in [-0.05, 0) is 72.5 Å². The molecule has 0 unspecified atom stereocenters. The summed E-state index contributed by atoms with van der Waals surface area (Å²) >= 11 is 11.7. The predicted octanol–water partition coefficient (Wildman–Crippen LogP) is 7.12. The van der Waals surface area contributed by atoms with Gasteiger partial charge in [0, 0.05) is 17.8 Å². The summed E-state index contributed by atoms with van der Waals surface area (Å²) < 4.78 is 11.0. The smallest absolute Gasteiger partial charge is 0.306 e. The van der Waals surface area contributed by atoms with E-state index in [1.54, 1.807) is 30.3 Å². The van der Waals surface area contributed by atoms with Crippen LogP contribution in [0.3, 0.4) is 0 Å². The molecule has 7 nitrogen and oxygen atoms in total. The van der Waals surface area contributed by atoms with Gasteiger partial charge in [0.2, 0.25) is 5.91 Å². The van der Waals surface area contributed by atoms with E-state index in [4.69, 9.17) is 32.7 Å². The molecule has 0 heterocycles. The summed E-state index contributed by atoms with van der Waals surface area (Å²) in [6, 6.07) is 17.7. The predicted molar refractivity (Wildman–Crippen MR) is 146 cm³/mol. The van der Waals surface area contributed by atoms with E-state index in [0.717, 1.165) is 16.9 Å². The molecule has 0 aliphatic heterocycles. The molecule has 2 amide bonds. The highest BCUT2D eigenvalue weighted by molar-refractivity contribution is 6.42. The van der Waals surface area contributed by atoms with Gasteiger partial charge in [-0.15, -0.1) is 0 Å². The molecule has 2 N–H and O–H groups in total. The van der Waals surface area contributed by atoms with Crippen LogP contribution in [-0.2, 0) is 19.1 Å². The molecular formula is C28H28Cl2N2O5. The van der Waals surface area contributed by atoms with E-state index in [0.29, 0.717) is 28.1 Å². The number of hydrogen-bond donors (Lipinski definition) is 2. The molecule has 0 bridgehead atoms. The van der Waals surface area contributed by atoms with Crippen LogP contribution in [-0.4, -0.2) is 24.4 Å². The summed E-state index contributed by atoms with van der Waals surface area (Å²) in [6.45, 7) is 5.75. The first-order valence-electron chi connectivity index (χ1n) is 11.7. The summed E-state index contributed by atoms with van der Waals surface area (Å²) in [6.07, 6.45) is -0.259. The van der Waals surface area contributed by atoms with Crippen LogP contribution in [0.25, 0.3) is 0 Å². The van der Waals surface area contributed by atoms with E-state index < -0.39 is 18.5 Å². The zero-order valence-corrected chi connectivity index (χ0v) is 22.3. The Morgan fingerprint density at radius 1 is 0.811 bits per heavy atom. The van der Waals surface area contributed by atoms with E-state index >= 15 is 0 Å². The topological polar surface area (TPSA) is 93.7 Å². The number of ether oxygens (including phenoxy) is 2. The SMILES string of the molecule is Cc1ccc(C(C)C)c(Oc2ccc(NC(=O)CCC(=O)OCC(=O)Nc3ccc(Cl)c(Cl)c3)cc2)c1. The highest BCUT2D eigenvalue weighted by Crippen LogP contribution is 2.32. The van der Waals surface area contributed by atoms with Crippen LogP contribution in [0.15, 0.2) is 60.7 Å². The zero-order chi connectivity index (χ0) is 26.9. The van der Waals surface area contributed by atoms with Crippen molar-refractivity contribution in [3.63, 3.8) is 0 Å². The molecule has 0 fully saturated rings. The van der Waals surface area contributed by atoms with Gasteiger partial charge in [-0.25, -0.2) is 0 Å². The Bertz CT molecular complexity index is 1280. The second-order valence-corrected chi connectivity index (χ2v) is 9.52. The molecule has 0 aliphatic rings. The number of nitrogens with one attached hydrogen (secondary N) is 2. The van der Waals surface area contributed by atoms with Crippen LogP contribution in [0.1, 0.15) is 43.7 Å². The molecule has 0 saturated heterocycles. The third kappa shape index (κ3) is 8.81. The Balaban J connectivity index is 1.42. The number of esters is 1. The third-order valence-electron chi connectivity index (χ3n) is 5.28. The summed E-state index contributed by atoms with van der Waals surface area (Å²) in [7, 11) is 0. The van der Waals surface area contributed by atoms with Gasteiger partial charge in [0.05, 0.1) is 16.5 Å². The van der Waals surface area contributed by atoms with Crippen LogP contribution in [0.4, 0.5) is 11.4 Å². The molecule has 0 atom stereocenters. The molecule has 0 aromatic heterocycles. The average Bonchev–Trinajstić information content (AvgIpc) is 2.85. The Labute approximate surface area is 226 Å². The Kier molecular flexibility index (Phi) is 9.94. The van der Waals surface area contributed by atoms with Gasteiger partial charge in [-0.2, -0.15) is 0 Å². The fourth-order valence-corrected chi connectivity index (χ4v) is 3.67. The maximum absolute atomic E-state index is 12.2. The van der Waals surface area contributed by atoms with Crippen molar-refractivity contribution in [3.05, 3.63) is 81.8 Å². The minimum absolute atomic E-state index is 0.0907. The highest BCUT2D eigenvalue weighted by atomic mass is 35.5. The number of aryl methyl sites for hydroxylation is 1. The zero-order valence-electron chi connectivity index (χ0n) is 20.8. The molecule has 0 aliphatic carbocycles. The van der Waals surface area contributed by atoms with E-state index in [9.17, 15) is 14.4 Å². The molecule has 3 aromatic rings. The number of rotatable bonds is 10. The normalized spacial score (nSPS) is 10.6. The van der Waals surface area contributed by atoms with Crippen LogP contribution < -0.4 is 15.4 Å². The number of halogens is 2. The first-order chi connectivity index (χ1) is 17.6. The third-order valence-corrected chi connectivity index (χ3v) is 6.02. The summed E-state index contributed by atoms with van der Waals surface area (Å²) in [5.41, 5.74) is 3.21. The van der Waals surface area contributed by atoms with E-state index in [1.165, 1.54) is 12.1 Å². The lowest BCUT2D eigenvalue weighted by atomic mass is 10.0. The van der Waals surface area contributed by atoms with Crippen molar-refractivity contribution >= 4 is 52.4 Å². The van der Waals surface area contributed by atoms with Gasteiger partial charge >= 0.3 is 5.97 Å². The van der Waals surface area contributed by atoms with Crippen molar-refractivity contribution in [1.82, 2.24) is 0 Å². The Morgan fingerprint density at radius 3 is 2.16 bits per heavy atom. The van der Waals surface area contributed by atoms with Gasteiger partial charge in [0.15, 0.2) is 6.61 Å². The number of anilines is 2. The van der Waals surface area contributed by atoms with Crippen molar-refractivity contribution in [2.45, 2.75) is 39.5 Å². The molecule has 194 valence electrons. The Hall–Kier alpha value is -3.55. The van der Waals surface area contributed by atoms with Crippen molar-refractivity contribution in [2.24, 2.45) is 0 Å². The van der Waals surface area contributed by atoms with Gasteiger partial charge in [0.1, 0.15) is 11.5 Å². The fraction of sp³-hybridized carbons (Fsp3) is 0.250. The van der Waals surface area contributed by atoms with Crippen molar-refractivity contribution in [2.75, 3.05) is 17.2 Å². The van der Waals surface area contributed by atoms with Crippen LogP contribution in [0.2, 0.25) is 10.0 Å². The quantitative estimate of drug-likeness (QED) is 0.266. The van der Waals surface area contributed by atoms with E-state index in [-0.39, 0.29) is 23.8 Å². The van der Waals surface area contributed by atoms with Gasteiger partial charge in [-0.3, -0.25) is 14.4 Å². The number of carbonyl (C=O) groups is 3. The number of amides is 2. The molecule has 0 spiro atoms. The average molecular weight is 543 g/mol. The monoisotopic (exact) mass is 542 g/mol. The molecule has 0 saturated carbocycles. The van der Waals surface area contributed by atoms with Crippen molar-refractivity contribution in [1.29, 1.82) is 0 Å². The molecular weight excluding hydrogens is 515 g/mol. The highest BCUT2D eigenvalue weighted by Gasteiger charge is 2.13. The standard InChI is InChI=1S/C28H28Cl2N2O5/c1-17(2)22-10-4-18(3)14-25(22)37-21-8-5-19(6-9-21)31-26(33)12-13-28(35)36-16-27(34)32-20-7-11-23(29)24(30)15-20/h4-11,14-15,17H,12-13,16H2,1-3H3,(H,31,33)(H,32,34). The molecule has 3 aromatic carbocycles. The van der Waals surface area contributed by atoms with Crippen LogP contribution in [0, 0.1) is 6.92 Å². The van der Waals surface area contributed by atoms with E-state index in [1.807, 2.05) is 13.0 Å². The summed E-state index contributed by atoms with van der Waals surface area (Å²) in [4.78, 5) is 36.1. The lowest BCUT2D eigenvalue weighted by Crippen LogP contribution is -2.21. The number of benzene rings is 3. The molecule has 37 heavy (non-hydrogen) atoms. The van der Waals surface area contributed by atoms with Crippen molar-refractivity contribution < 1.29 is 23.9 Å². The summed E-state index contributed by atoms with van der Waals surface area (Å²) in [5, 5.41) is 5.92. The second kappa shape index (κ2) is 13.1. The second-order valence-electron chi connectivity index (χ2n) is 8.71. The fourth-order valence-electron chi connectivity index (χ4n) is 3.37. The van der Waals surface area contributed by atoms with Gasteiger partial charge in [-0.1, -0.05) is 49.2 Å². The Morgan fingerprint density at radius 2 is 1.49 bits per heavy atom. The first kappa shape index (κ1) is 28.0. The summed E-state index contributed by atoms with van der Waals surface area (Å²) in [5.74, 6) is 0.209. The van der Waals surface area contributed by atoms with Gasteiger partial charge < -0.3 is 20.1 Å². The molecule has 9 heteroatoms. The first-order valence-corrected chi connectivity index (χ1v) is 12.4. The maximum Gasteiger partial charge on any atom is 0.306 e. The van der Waals surface area contributed by atoms with E-state index in [2.05, 4.69) is 36.6 Å². The number of hydrogen-bond acceptors (Lipinski definition) is 5. The molecule has 0 radical (unpaired) electrons. The minimum Gasteiger partial charge on any atom is -0.457 e. The van der Waals surface area contributed by atoms with Crippen LogP contribution in [0.5, 0.6) is 11.5 Å². The molecule has 3 rings (SSSR count). The van der Waals surface area contributed by atoms with Crippen molar-refractivity contribution in [3.8, 4) is 11.5 Å². The van der Waals surface area contributed by atoms with Crippen LogP contribution >= 0.6 is 23.2 Å². The minimum atomic E-state index is -0.665. The number of carbonyl (C=O) groups excluding carboxylic acids is 3.